The van der Waals surface area contributed by atoms with Crippen LogP contribution in [0.2, 0.25) is 0 Å². The number of hydrogen-bond donors (Lipinski definition) is 1. The van der Waals surface area contributed by atoms with Crippen molar-refractivity contribution >= 4 is 18.3 Å². The second-order valence-electron chi connectivity index (χ2n) is 7.02. The largest absolute Gasteiger partial charge is 0.489 e. The smallest absolute Gasteiger partial charge is 0.253 e. The van der Waals surface area contributed by atoms with E-state index < -0.39 is 0 Å². The lowest BCUT2D eigenvalue weighted by atomic mass is 9.88. The number of halogens is 1. The van der Waals surface area contributed by atoms with Crippen LogP contribution in [0.3, 0.4) is 0 Å². The van der Waals surface area contributed by atoms with Gasteiger partial charge in [0.25, 0.3) is 5.91 Å². The zero-order valence-corrected chi connectivity index (χ0v) is 15.6. The summed E-state index contributed by atoms with van der Waals surface area (Å²) in [6.45, 7) is 4.38. The van der Waals surface area contributed by atoms with Crippen LogP contribution in [-0.2, 0) is 6.61 Å². The highest BCUT2D eigenvalue weighted by Crippen LogP contribution is 2.27. The van der Waals surface area contributed by atoms with Crippen molar-refractivity contribution in [1.29, 1.82) is 0 Å². The Balaban J connectivity index is 0.00000196. The fourth-order valence-electron chi connectivity index (χ4n) is 3.86. The van der Waals surface area contributed by atoms with Crippen LogP contribution in [0.4, 0.5) is 0 Å². The van der Waals surface area contributed by atoms with Crippen molar-refractivity contribution in [2.24, 2.45) is 11.8 Å². The van der Waals surface area contributed by atoms with Gasteiger partial charge in [-0.3, -0.25) is 4.79 Å². The number of nitrogens with one attached hydrogen (secondary N) is 1. The zero-order valence-electron chi connectivity index (χ0n) is 14.8. The van der Waals surface area contributed by atoms with Gasteiger partial charge in [-0.25, -0.2) is 0 Å². The van der Waals surface area contributed by atoms with Crippen LogP contribution in [0.25, 0.3) is 0 Å². The molecule has 2 aromatic rings. The van der Waals surface area contributed by atoms with Crippen LogP contribution < -0.4 is 10.1 Å². The van der Waals surface area contributed by atoms with E-state index in [0.29, 0.717) is 12.5 Å². The lowest BCUT2D eigenvalue weighted by Gasteiger charge is -2.34. The Morgan fingerprint density at radius 2 is 1.88 bits per heavy atom. The SMILES string of the molecule is Cl.O=C(c1cccc(OCc2ccccc2)c1)N1CCC2CNCC2C1. The van der Waals surface area contributed by atoms with Crippen molar-refractivity contribution in [2.75, 3.05) is 26.2 Å². The van der Waals surface area contributed by atoms with E-state index in [0.717, 1.165) is 55.4 Å². The monoisotopic (exact) mass is 372 g/mol. The predicted molar refractivity (Wildman–Crippen MR) is 105 cm³/mol. The number of hydrogen-bond acceptors (Lipinski definition) is 3. The van der Waals surface area contributed by atoms with Crippen LogP contribution >= 0.6 is 12.4 Å². The highest BCUT2D eigenvalue weighted by molar-refractivity contribution is 5.94. The van der Waals surface area contributed by atoms with Gasteiger partial charge in [0.05, 0.1) is 0 Å². The van der Waals surface area contributed by atoms with E-state index in [-0.39, 0.29) is 18.3 Å². The average Bonchev–Trinajstić information content (AvgIpc) is 3.14. The van der Waals surface area contributed by atoms with Gasteiger partial charge in [-0.15, -0.1) is 12.4 Å². The molecule has 4 rings (SSSR count). The maximum Gasteiger partial charge on any atom is 0.253 e. The minimum atomic E-state index is 0. The van der Waals surface area contributed by atoms with Crippen molar-refractivity contribution in [3.8, 4) is 5.75 Å². The molecular weight excluding hydrogens is 348 g/mol. The van der Waals surface area contributed by atoms with Crippen LogP contribution in [0, 0.1) is 11.8 Å². The molecule has 1 amide bonds. The molecule has 2 unspecified atom stereocenters. The van der Waals surface area contributed by atoms with Crippen molar-refractivity contribution in [3.63, 3.8) is 0 Å². The van der Waals surface area contributed by atoms with Crippen molar-refractivity contribution in [1.82, 2.24) is 10.2 Å². The normalized spacial score (nSPS) is 21.6. The summed E-state index contributed by atoms with van der Waals surface area (Å²) >= 11 is 0. The molecule has 2 aromatic carbocycles. The molecule has 2 heterocycles. The summed E-state index contributed by atoms with van der Waals surface area (Å²) in [5.41, 5.74) is 1.84. The maximum absolute atomic E-state index is 12.9. The van der Waals surface area contributed by atoms with Crippen LogP contribution in [0.1, 0.15) is 22.3 Å². The summed E-state index contributed by atoms with van der Waals surface area (Å²) in [6, 6.07) is 17.6. The highest BCUT2D eigenvalue weighted by Gasteiger charge is 2.34. The van der Waals surface area contributed by atoms with Gasteiger partial charge in [0, 0.05) is 18.7 Å². The first-order valence-electron chi connectivity index (χ1n) is 9.06. The topological polar surface area (TPSA) is 41.6 Å². The molecule has 0 radical (unpaired) electrons. The Hall–Kier alpha value is -2.04. The van der Waals surface area contributed by atoms with E-state index >= 15 is 0 Å². The summed E-state index contributed by atoms with van der Waals surface area (Å²) in [5, 5.41) is 3.45. The molecule has 1 N–H and O–H groups in total. The van der Waals surface area contributed by atoms with Crippen molar-refractivity contribution in [3.05, 3.63) is 65.7 Å². The fourth-order valence-corrected chi connectivity index (χ4v) is 3.86. The van der Waals surface area contributed by atoms with Gasteiger partial charge in [0.2, 0.25) is 0 Å². The molecule has 4 nitrogen and oxygen atoms in total. The molecule has 5 heteroatoms. The number of likely N-dealkylation sites (tertiary alicyclic amines) is 1. The first kappa shape index (κ1) is 18.7. The molecule has 0 saturated carbocycles. The third kappa shape index (κ3) is 4.19. The number of fused-ring (bicyclic) bond motifs is 1. The molecule has 0 spiro atoms. The first-order valence-corrected chi connectivity index (χ1v) is 9.06. The van der Waals surface area contributed by atoms with Gasteiger partial charge in [-0.2, -0.15) is 0 Å². The Morgan fingerprint density at radius 1 is 1.08 bits per heavy atom. The number of amides is 1. The molecule has 0 aliphatic carbocycles. The second kappa shape index (κ2) is 8.56. The van der Waals surface area contributed by atoms with E-state index in [1.807, 2.05) is 59.5 Å². The quantitative estimate of drug-likeness (QED) is 0.894. The lowest BCUT2D eigenvalue weighted by Crippen LogP contribution is -2.43. The number of rotatable bonds is 4. The predicted octanol–water partition coefficient (Wildman–Crippen LogP) is 3.37. The maximum atomic E-state index is 12.9. The Labute approximate surface area is 160 Å². The third-order valence-corrected chi connectivity index (χ3v) is 5.32. The number of benzene rings is 2. The Bertz CT molecular complexity index is 738. The molecule has 2 fully saturated rings. The van der Waals surface area contributed by atoms with Gasteiger partial charge < -0.3 is 15.0 Å². The minimum absolute atomic E-state index is 0. The van der Waals surface area contributed by atoms with E-state index in [4.69, 9.17) is 4.74 Å². The average molecular weight is 373 g/mol. The van der Waals surface area contributed by atoms with E-state index in [2.05, 4.69) is 5.32 Å². The summed E-state index contributed by atoms with van der Waals surface area (Å²) < 4.78 is 5.86. The number of piperidine rings is 1. The molecule has 2 saturated heterocycles. The van der Waals surface area contributed by atoms with Gasteiger partial charge in [0.1, 0.15) is 12.4 Å². The zero-order chi connectivity index (χ0) is 17.1. The molecule has 0 aromatic heterocycles. The van der Waals surface area contributed by atoms with E-state index in [1.165, 1.54) is 0 Å². The van der Waals surface area contributed by atoms with Gasteiger partial charge in [0.15, 0.2) is 0 Å². The summed E-state index contributed by atoms with van der Waals surface area (Å²) in [4.78, 5) is 14.9. The van der Waals surface area contributed by atoms with Gasteiger partial charge in [-0.05, 0) is 55.1 Å². The van der Waals surface area contributed by atoms with E-state index in [1.54, 1.807) is 0 Å². The summed E-state index contributed by atoms with van der Waals surface area (Å²) in [7, 11) is 0. The molecule has 138 valence electrons. The number of nitrogens with zero attached hydrogens (tertiary/aromatic N) is 1. The van der Waals surface area contributed by atoms with Gasteiger partial charge >= 0.3 is 0 Å². The standard InChI is InChI=1S/C21H24N2O2.ClH/c24-21(23-10-9-18-12-22-13-19(18)14-23)17-7-4-8-20(11-17)25-15-16-5-2-1-3-6-16;/h1-8,11,18-19,22H,9-10,12-15H2;1H. The van der Waals surface area contributed by atoms with Gasteiger partial charge in [-0.1, -0.05) is 36.4 Å². The summed E-state index contributed by atoms with van der Waals surface area (Å²) in [5.74, 6) is 2.21. The molecule has 2 aliphatic heterocycles. The number of ether oxygens (including phenoxy) is 1. The summed E-state index contributed by atoms with van der Waals surface area (Å²) in [6.07, 6.45) is 1.10. The van der Waals surface area contributed by atoms with Crippen molar-refractivity contribution in [2.45, 2.75) is 13.0 Å². The first-order chi connectivity index (χ1) is 12.3. The van der Waals surface area contributed by atoms with Crippen molar-refractivity contribution < 1.29 is 9.53 Å². The Kier molecular flexibility index (Phi) is 6.17. The molecule has 0 bridgehead atoms. The van der Waals surface area contributed by atoms with Crippen LogP contribution in [-0.4, -0.2) is 37.0 Å². The van der Waals surface area contributed by atoms with Crippen LogP contribution in [0.5, 0.6) is 5.75 Å². The Morgan fingerprint density at radius 3 is 2.73 bits per heavy atom. The lowest BCUT2D eigenvalue weighted by molar-refractivity contribution is 0.0642. The third-order valence-electron chi connectivity index (χ3n) is 5.32. The van der Waals surface area contributed by atoms with E-state index in [9.17, 15) is 4.79 Å². The van der Waals surface area contributed by atoms with Crippen LogP contribution in [0.15, 0.2) is 54.6 Å². The highest BCUT2D eigenvalue weighted by atomic mass is 35.5. The molecule has 2 aliphatic rings. The number of carbonyl (C=O) groups is 1. The second-order valence-corrected chi connectivity index (χ2v) is 7.02. The molecule has 26 heavy (non-hydrogen) atoms. The minimum Gasteiger partial charge on any atom is -0.489 e. The molecule has 2 atom stereocenters. The molecular formula is C21H25ClN2O2. The number of carbonyl (C=O) groups excluding carboxylic acids is 1. The fraction of sp³-hybridized carbons (Fsp3) is 0.381.